The number of halogens is 2. The Morgan fingerprint density at radius 3 is 2.56 bits per heavy atom. The van der Waals surface area contributed by atoms with Gasteiger partial charge in [-0.3, -0.25) is 9.59 Å². The van der Waals surface area contributed by atoms with E-state index in [0.29, 0.717) is 38.9 Å². The lowest BCUT2D eigenvalue weighted by Gasteiger charge is -2.10. The highest BCUT2D eigenvalue weighted by atomic mass is 35.5. The van der Waals surface area contributed by atoms with E-state index in [4.69, 9.17) is 23.2 Å². The molecule has 0 radical (unpaired) electrons. The predicted octanol–water partition coefficient (Wildman–Crippen LogP) is 4.99. The molecular weight excluding hydrogens is 469 g/mol. The number of anilines is 2. The molecule has 2 amide bonds. The molecular formula is C22H21Cl2N5O2S. The van der Waals surface area contributed by atoms with Gasteiger partial charge in [-0.15, -0.1) is 16.8 Å². The summed E-state index contributed by atoms with van der Waals surface area (Å²) in [4.78, 5) is 24.9. The molecule has 166 valence electrons. The topological polar surface area (TPSA) is 88.9 Å². The zero-order valence-corrected chi connectivity index (χ0v) is 19.6. The van der Waals surface area contributed by atoms with Crippen LogP contribution < -0.4 is 10.6 Å². The molecule has 3 rings (SSSR count). The smallest absolute Gasteiger partial charge is 0.234 e. The Morgan fingerprint density at radius 2 is 1.84 bits per heavy atom. The molecule has 3 aromatic rings. The number of carbonyl (C=O) groups excluding carboxylic acids is 2. The fourth-order valence-electron chi connectivity index (χ4n) is 2.85. The van der Waals surface area contributed by atoms with Crippen molar-refractivity contribution in [3.63, 3.8) is 0 Å². The first-order valence-electron chi connectivity index (χ1n) is 9.63. The maximum atomic E-state index is 12.5. The summed E-state index contributed by atoms with van der Waals surface area (Å²) in [6, 6.07) is 12.2. The Balaban J connectivity index is 1.63. The van der Waals surface area contributed by atoms with Crippen LogP contribution in [0.25, 0.3) is 0 Å². The second-order valence-electron chi connectivity index (χ2n) is 6.80. The number of hydrogen-bond donors (Lipinski definition) is 2. The number of amides is 2. The van der Waals surface area contributed by atoms with Crippen molar-refractivity contribution in [1.29, 1.82) is 0 Å². The molecule has 1 heterocycles. The van der Waals surface area contributed by atoms with Crippen LogP contribution in [0.4, 0.5) is 11.4 Å². The largest absolute Gasteiger partial charge is 0.325 e. The number of carbonyl (C=O) groups is 2. The minimum absolute atomic E-state index is 0.00277. The van der Waals surface area contributed by atoms with E-state index in [-0.39, 0.29) is 24.0 Å². The third-order valence-corrected chi connectivity index (χ3v) is 5.90. The van der Waals surface area contributed by atoms with Gasteiger partial charge in [0.25, 0.3) is 0 Å². The highest BCUT2D eigenvalue weighted by Gasteiger charge is 2.17. The van der Waals surface area contributed by atoms with Crippen molar-refractivity contribution in [3.8, 4) is 0 Å². The minimum Gasteiger partial charge on any atom is -0.325 e. The molecule has 0 saturated carbocycles. The Bertz CT molecular complexity index is 1150. The van der Waals surface area contributed by atoms with Gasteiger partial charge in [0.15, 0.2) is 5.16 Å². The molecule has 10 heteroatoms. The standard InChI is InChI=1S/C22H21Cl2N5O2S/c1-3-10-29-19(12-20(30)26-18-7-5-4-6-16(18)24)27-28-22(29)32-13-21(31)25-17-9-8-15(23)11-14(17)2/h3-9,11H,1,10,12-13H2,2H3,(H,25,31)(H,26,30). The van der Waals surface area contributed by atoms with E-state index in [1.54, 1.807) is 53.1 Å². The fraction of sp³-hybridized carbons (Fsp3) is 0.182. The minimum atomic E-state index is -0.275. The molecule has 1 aromatic heterocycles. The molecule has 0 aliphatic carbocycles. The Kier molecular flexibility index (Phi) is 8.33. The molecule has 0 fully saturated rings. The normalized spacial score (nSPS) is 10.6. The van der Waals surface area contributed by atoms with Gasteiger partial charge in [0.2, 0.25) is 11.8 Å². The van der Waals surface area contributed by atoms with Gasteiger partial charge in [-0.1, -0.05) is 53.2 Å². The molecule has 2 aromatic carbocycles. The number of rotatable bonds is 9. The van der Waals surface area contributed by atoms with E-state index in [2.05, 4.69) is 27.4 Å². The van der Waals surface area contributed by atoms with Crippen molar-refractivity contribution in [2.24, 2.45) is 0 Å². The molecule has 0 saturated heterocycles. The maximum absolute atomic E-state index is 12.5. The molecule has 0 bridgehead atoms. The average Bonchev–Trinajstić information content (AvgIpc) is 3.12. The first kappa shape index (κ1) is 23.8. The zero-order chi connectivity index (χ0) is 23.1. The van der Waals surface area contributed by atoms with E-state index in [1.807, 2.05) is 6.92 Å². The van der Waals surface area contributed by atoms with E-state index < -0.39 is 0 Å². The zero-order valence-electron chi connectivity index (χ0n) is 17.3. The highest BCUT2D eigenvalue weighted by molar-refractivity contribution is 7.99. The number of thioether (sulfide) groups is 1. The summed E-state index contributed by atoms with van der Waals surface area (Å²) >= 11 is 13.3. The lowest BCUT2D eigenvalue weighted by molar-refractivity contribution is -0.116. The lowest BCUT2D eigenvalue weighted by Crippen LogP contribution is -2.18. The third kappa shape index (κ3) is 6.35. The van der Waals surface area contributed by atoms with Gasteiger partial charge in [0.1, 0.15) is 5.82 Å². The number of allylic oxidation sites excluding steroid dienone is 1. The number of aryl methyl sites for hydroxylation is 1. The predicted molar refractivity (Wildman–Crippen MR) is 130 cm³/mol. The molecule has 0 aliphatic heterocycles. The van der Waals surface area contributed by atoms with Gasteiger partial charge >= 0.3 is 0 Å². The van der Waals surface area contributed by atoms with Gasteiger partial charge in [0, 0.05) is 17.3 Å². The average molecular weight is 490 g/mol. The monoisotopic (exact) mass is 489 g/mol. The first-order valence-corrected chi connectivity index (χ1v) is 11.4. The van der Waals surface area contributed by atoms with Crippen LogP contribution in [0.3, 0.4) is 0 Å². The van der Waals surface area contributed by atoms with Gasteiger partial charge in [-0.2, -0.15) is 0 Å². The number of para-hydroxylation sites is 1. The van der Waals surface area contributed by atoms with E-state index >= 15 is 0 Å². The van der Waals surface area contributed by atoms with Crippen LogP contribution in [0.5, 0.6) is 0 Å². The van der Waals surface area contributed by atoms with Gasteiger partial charge in [-0.05, 0) is 42.8 Å². The van der Waals surface area contributed by atoms with Crippen LogP contribution >= 0.6 is 35.0 Å². The van der Waals surface area contributed by atoms with Crippen LogP contribution in [0.2, 0.25) is 10.0 Å². The second kappa shape index (κ2) is 11.2. The van der Waals surface area contributed by atoms with Gasteiger partial charge in [0.05, 0.1) is 22.9 Å². The highest BCUT2D eigenvalue weighted by Crippen LogP contribution is 2.23. The van der Waals surface area contributed by atoms with Crippen LogP contribution in [0, 0.1) is 6.92 Å². The summed E-state index contributed by atoms with van der Waals surface area (Å²) in [6.07, 6.45) is 1.68. The maximum Gasteiger partial charge on any atom is 0.234 e. The van der Waals surface area contributed by atoms with Crippen molar-refractivity contribution in [1.82, 2.24) is 14.8 Å². The van der Waals surface area contributed by atoms with Crippen LogP contribution in [0.1, 0.15) is 11.4 Å². The molecule has 7 nitrogen and oxygen atoms in total. The van der Waals surface area contributed by atoms with E-state index in [0.717, 1.165) is 5.56 Å². The molecule has 0 aliphatic rings. The van der Waals surface area contributed by atoms with E-state index in [9.17, 15) is 9.59 Å². The molecule has 0 spiro atoms. The summed E-state index contributed by atoms with van der Waals surface area (Å²) < 4.78 is 1.75. The van der Waals surface area contributed by atoms with Crippen molar-refractivity contribution in [2.75, 3.05) is 16.4 Å². The van der Waals surface area contributed by atoms with Crippen LogP contribution in [-0.4, -0.2) is 32.3 Å². The molecule has 32 heavy (non-hydrogen) atoms. The van der Waals surface area contributed by atoms with E-state index in [1.165, 1.54) is 11.8 Å². The number of benzene rings is 2. The molecule has 0 atom stereocenters. The summed E-state index contributed by atoms with van der Waals surface area (Å²) in [5.74, 6) is 0.129. The molecule has 2 N–H and O–H groups in total. The second-order valence-corrected chi connectivity index (χ2v) is 8.59. The molecule has 0 unspecified atom stereocenters. The van der Waals surface area contributed by atoms with Gasteiger partial charge in [-0.25, -0.2) is 0 Å². The van der Waals surface area contributed by atoms with Crippen LogP contribution in [0.15, 0.2) is 60.3 Å². The summed E-state index contributed by atoms with van der Waals surface area (Å²) in [5.41, 5.74) is 2.10. The van der Waals surface area contributed by atoms with Crippen LogP contribution in [-0.2, 0) is 22.6 Å². The lowest BCUT2D eigenvalue weighted by atomic mass is 10.2. The number of hydrogen-bond acceptors (Lipinski definition) is 5. The third-order valence-electron chi connectivity index (χ3n) is 4.37. The summed E-state index contributed by atoms with van der Waals surface area (Å²) in [5, 5.41) is 15.5. The Morgan fingerprint density at radius 1 is 1.09 bits per heavy atom. The number of aromatic nitrogens is 3. The van der Waals surface area contributed by atoms with Crippen molar-refractivity contribution >= 4 is 58.2 Å². The van der Waals surface area contributed by atoms with Crippen molar-refractivity contribution in [2.45, 2.75) is 25.0 Å². The van der Waals surface area contributed by atoms with Crippen molar-refractivity contribution < 1.29 is 9.59 Å². The number of nitrogens with one attached hydrogen (secondary N) is 2. The summed E-state index contributed by atoms with van der Waals surface area (Å²) in [7, 11) is 0. The van der Waals surface area contributed by atoms with Crippen molar-refractivity contribution in [3.05, 3.63) is 76.6 Å². The SMILES string of the molecule is C=CCn1c(CC(=O)Nc2ccccc2Cl)nnc1SCC(=O)Nc1ccc(Cl)cc1C. The Hall–Kier alpha value is -2.81. The summed E-state index contributed by atoms with van der Waals surface area (Å²) in [6.45, 7) is 6.03. The first-order chi connectivity index (χ1) is 15.4. The number of nitrogens with zero attached hydrogens (tertiary/aromatic N) is 3. The Labute approximate surface area is 200 Å². The van der Waals surface area contributed by atoms with Gasteiger partial charge < -0.3 is 15.2 Å². The quantitative estimate of drug-likeness (QED) is 0.326. The fourth-order valence-corrected chi connectivity index (χ4v) is 4.03.